The van der Waals surface area contributed by atoms with Gasteiger partial charge in [0.1, 0.15) is 24.0 Å². The number of rotatable bonds is 15. The van der Waals surface area contributed by atoms with Crippen LogP contribution in [-0.2, 0) is 10.0 Å². The van der Waals surface area contributed by atoms with Crippen LogP contribution < -0.4 is 25.0 Å². The fourth-order valence-corrected chi connectivity index (χ4v) is 5.22. The Hall–Kier alpha value is -3.40. The van der Waals surface area contributed by atoms with E-state index in [1.807, 2.05) is 0 Å². The summed E-state index contributed by atoms with van der Waals surface area (Å²) in [6.07, 6.45) is 5.58. The van der Waals surface area contributed by atoms with Gasteiger partial charge in [0.15, 0.2) is 0 Å². The zero-order valence-corrected chi connectivity index (χ0v) is 25.5. The van der Waals surface area contributed by atoms with Crippen LogP contribution >= 0.6 is 0 Å². The Kier molecular flexibility index (Phi) is 10.6. The first kappa shape index (κ1) is 31.5. The highest BCUT2D eigenvalue weighted by Crippen LogP contribution is 2.37. The van der Waals surface area contributed by atoms with Crippen molar-refractivity contribution in [2.45, 2.75) is 57.4 Å². The van der Waals surface area contributed by atoms with Crippen LogP contribution in [0.25, 0.3) is 0 Å². The number of pyridine rings is 2. The molecule has 0 unspecified atom stereocenters. The standard InChI is InChI=1S/C30H42N6O5S/c1-20(2)42(39,40)36(4)29-15-23(14-28(35-29)33-16-24-13-21(24)3)30(38)34-26(19-41-25-8-6-12-31-17-25)27(37)18-32-11-5-7-22-9-10-22/h6,8,12,14-15,17,20-22,24,26-27,32,37H,9-11,13,16,18-19H2,1-4H3,(H,33,35)(H,34,38)/t21-,24+,26-,27+/m0/s1. The maximum Gasteiger partial charge on any atom is 0.251 e. The second kappa shape index (κ2) is 14.2. The van der Waals surface area contributed by atoms with Crippen molar-refractivity contribution in [3.8, 4) is 17.6 Å². The van der Waals surface area contributed by atoms with E-state index in [1.165, 1.54) is 13.1 Å². The molecule has 0 aliphatic heterocycles. The SMILES string of the molecule is CC(C)S(=O)(=O)N(C)c1cc(C(=O)N[C@@H](COc2cccnc2)[C@H](O)CNCC#CC2CC2)cc(NC[C@H]2C[C@@H]2C)n1. The lowest BCUT2D eigenvalue weighted by molar-refractivity contribution is 0.0737. The largest absolute Gasteiger partial charge is 0.490 e. The van der Waals surface area contributed by atoms with Gasteiger partial charge in [0.2, 0.25) is 10.0 Å². The van der Waals surface area contributed by atoms with E-state index in [-0.39, 0.29) is 24.5 Å². The van der Waals surface area contributed by atoms with Crippen molar-refractivity contribution in [3.63, 3.8) is 0 Å². The number of amides is 1. The number of aliphatic hydroxyl groups is 1. The molecule has 2 aromatic heterocycles. The predicted molar refractivity (Wildman–Crippen MR) is 163 cm³/mol. The molecule has 0 radical (unpaired) electrons. The first-order valence-corrected chi connectivity index (χ1v) is 16.0. The number of carbonyl (C=O) groups is 1. The van der Waals surface area contributed by atoms with Crippen LogP contribution in [0.4, 0.5) is 11.6 Å². The Labute approximate surface area is 248 Å². The van der Waals surface area contributed by atoms with Gasteiger partial charge < -0.3 is 25.8 Å². The van der Waals surface area contributed by atoms with Crippen molar-refractivity contribution >= 4 is 27.6 Å². The Morgan fingerprint density at radius 2 is 2.05 bits per heavy atom. The highest BCUT2D eigenvalue weighted by Gasteiger charge is 2.32. The van der Waals surface area contributed by atoms with Gasteiger partial charge in [0, 0.05) is 37.8 Å². The number of carbonyl (C=O) groups excluding carboxylic acids is 1. The minimum atomic E-state index is -3.68. The first-order valence-electron chi connectivity index (χ1n) is 14.5. The topological polar surface area (TPSA) is 146 Å². The van der Waals surface area contributed by atoms with Gasteiger partial charge in [0.25, 0.3) is 5.91 Å². The monoisotopic (exact) mass is 598 g/mol. The molecule has 4 rings (SSSR count). The maximum absolute atomic E-state index is 13.6. The highest BCUT2D eigenvalue weighted by atomic mass is 32.2. The van der Waals surface area contributed by atoms with Crippen molar-refractivity contribution in [2.75, 3.05) is 42.9 Å². The molecule has 0 spiro atoms. The number of hydrogen-bond acceptors (Lipinski definition) is 9. The third-order valence-electron chi connectivity index (χ3n) is 7.49. The Morgan fingerprint density at radius 3 is 2.69 bits per heavy atom. The summed E-state index contributed by atoms with van der Waals surface area (Å²) < 4.78 is 32.7. The number of nitrogens with zero attached hydrogens (tertiary/aromatic N) is 3. The molecule has 2 heterocycles. The van der Waals surface area contributed by atoms with Gasteiger partial charge in [-0.05, 0) is 69.2 Å². The van der Waals surface area contributed by atoms with Gasteiger partial charge in [-0.15, -0.1) is 0 Å². The van der Waals surface area contributed by atoms with E-state index in [4.69, 9.17) is 4.74 Å². The Balaban J connectivity index is 1.51. The van der Waals surface area contributed by atoms with Crippen LogP contribution in [0, 0.1) is 29.6 Å². The fraction of sp³-hybridized carbons (Fsp3) is 0.567. The molecule has 0 saturated heterocycles. The molecule has 2 aliphatic rings. The van der Waals surface area contributed by atoms with Gasteiger partial charge in [-0.2, -0.15) is 0 Å². The van der Waals surface area contributed by atoms with E-state index in [2.05, 4.69) is 44.7 Å². The van der Waals surface area contributed by atoms with Crippen molar-refractivity contribution < 1.29 is 23.1 Å². The molecule has 2 saturated carbocycles. The second-order valence-electron chi connectivity index (χ2n) is 11.4. The lowest BCUT2D eigenvalue weighted by Crippen LogP contribution is -2.50. The van der Waals surface area contributed by atoms with E-state index in [0.717, 1.165) is 23.6 Å². The number of nitrogens with one attached hydrogen (secondary N) is 3. The van der Waals surface area contributed by atoms with Crippen LogP contribution in [0.1, 0.15) is 50.4 Å². The molecular weight excluding hydrogens is 556 g/mol. The van der Waals surface area contributed by atoms with Gasteiger partial charge in [-0.25, -0.2) is 13.4 Å². The van der Waals surface area contributed by atoms with E-state index in [0.29, 0.717) is 42.4 Å². The second-order valence-corrected chi connectivity index (χ2v) is 13.9. The molecule has 4 atom stereocenters. The molecule has 228 valence electrons. The van der Waals surface area contributed by atoms with E-state index in [1.54, 1.807) is 44.4 Å². The third kappa shape index (κ3) is 9.05. The van der Waals surface area contributed by atoms with Crippen molar-refractivity contribution in [2.24, 2.45) is 17.8 Å². The summed E-state index contributed by atoms with van der Waals surface area (Å²) in [7, 11) is -2.25. The summed E-state index contributed by atoms with van der Waals surface area (Å²) in [5, 5.41) is 19.6. The van der Waals surface area contributed by atoms with E-state index < -0.39 is 33.3 Å². The van der Waals surface area contributed by atoms with E-state index >= 15 is 0 Å². The summed E-state index contributed by atoms with van der Waals surface area (Å²) in [6, 6.07) is 5.72. The average molecular weight is 599 g/mol. The first-order chi connectivity index (χ1) is 20.0. The molecule has 2 aliphatic carbocycles. The molecule has 11 nitrogen and oxygen atoms in total. The zero-order chi connectivity index (χ0) is 30.3. The Morgan fingerprint density at radius 1 is 1.29 bits per heavy atom. The maximum atomic E-state index is 13.6. The third-order valence-corrected chi connectivity index (χ3v) is 9.63. The number of aliphatic hydroxyl groups excluding tert-OH is 1. The summed E-state index contributed by atoms with van der Waals surface area (Å²) in [5.74, 6) is 8.38. The van der Waals surface area contributed by atoms with Gasteiger partial charge in [-0.1, -0.05) is 18.8 Å². The predicted octanol–water partition coefficient (Wildman–Crippen LogP) is 2.26. The number of hydrogen-bond donors (Lipinski definition) is 4. The van der Waals surface area contributed by atoms with Gasteiger partial charge in [0.05, 0.1) is 30.1 Å². The van der Waals surface area contributed by atoms with Crippen molar-refractivity contribution in [1.29, 1.82) is 0 Å². The summed E-state index contributed by atoms with van der Waals surface area (Å²) in [6.45, 7) is 6.63. The smallest absolute Gasteiger partial charge is 0.251 e. The highest BCUT2D eigenvalue weighted by molar-refractivity contribution is 7.93. The molecule has 42 heavy (non-hydrogen) atoms. The minimum Gasteiger partial charge on any atom is -0.490 e. The van der Waals surface area contributed by atoms with Crippen LogP contribution in [0.15, 0.2) is 36.7 Å². The number of aromatic nitrogens is 2. The van der Waals surface area contributed by atoms with Gasteiger partial charge in [-0.3, -0.25) is 14.1 Å². The molecule has 1 amide bonds. The summed E-state index contributed by atoms with van der Waals surface area (Å²) in [5.41, 5.74) is 0.207. The van der Waals surface area contributed by atoms with Gasteiger partial charge >= 0.3 is 0 Å². The molecule has 4 N–H and O–H groups in total. The van der Waals surface area contributed by atoms with Crippen molar-refractivity contribution in [3.05, 3.63) is 42.2 Å². The molecule has 2 aromatic rings. The fourth-order valence-electron chi connectivity index (χ4n) is 4.23. The molecule has 0 bridgehead atoms. The molecule has 2 fully saturated rings. The van der Waals surface area contributed by atoms with Crippen LogP contribution in [0.3, 0.4) is 0 Å². The minimum absolute atomic E-state index is 0.0156. The molecule has 0 aromatic carbocycles. The molecular formula is C30H42N6O5S. The number of anilines is 2. The quantitative estimate of drug-likeness (QED) is 0.179. The number of sulfonamides is 1. The van der Waals surface area contributed by atoms with Crippen LogP contribution in [0.5, 0.6) is 5.75 Å². The van der Waals surface area contributed by atoms with Crippen molar-refractivity contribution in [1.82, 2.24) is 20.6 Å². The molecule has 12 heteroatoms. The summed E-state index contributed by atoms with van der Waals surface area (Å²) in [4.78, 5) is 22.1. The Bertz CT molecular complexity index is 1370. The normalized spacial score (nSPS) is 19.3. The zero-order valence-electron chi connectivity index (χ0n) is 24.7. The average Bonchev–Trinajstić information content (AvgIpc) is 3.91. The van der Waals surface area contributed by atoms with E-state index in [9.17, 15) is 18.3 Å². The van der Waals surface area contributed by atoms with Crippen LogP contribution in [0.2, 0.25) is 0 Å². The lowest BCUT2D eigenvalue weighted by Gasteiger charge is -2.25. The lowest BCUT2D eigenvalue weighted by atomic mass is 10.1. The number of ether oxygens (including phenoxy) is 1. The summed E-state index contributed by atoms with van der Waals surface area (Å²) >= 11 is 0. The van der Waals surface area contributed by atoms with Crippen LogP contribution in [-0.4, -0.2) is 80.1 Å².